The molecule has 0 aromatic carbocycles. The lowest BCUT2D eigenvalue weighted by molar-refractivity contribution is 0.248. The Morgan fingerprint density at radius 2 is 2.12 bits per heavy atom. The van der Waals surface area contributed by atoms with E-state index in [1.165, 1.54) is 0 Å². The van der Waals surface area contributed by atoms with Crippen LogP contribution >= 0.6 is 0 Å². The van der Waals surface area contributed by atoms with E-state index >= 15 is 0 Å². The monoisotopic (exact) mass is 248 g/mol. The van der Waals surface area contributed by atoms with Crippen LogP contribution in [-0.2, 0) is 9.84 Å². The number of nitrogens with zero attached hydrogens (tertiary/aromatic N) is 1. The molecule has 0 aromatic heterocycles. The van der Waals surface area contributed by atoms with Crippen LogP contribution in [0.1, 0.15) is 26.7 Å². The molecule has 1 aliphatic rings. The number of rotatable bonds is 4. The summed E-state index contributed by atoms with van der Waals surface area (Å²) < 4.78 is 22.8. The summed E-state index contributed by atoms with van der Waals surface area (Å²) in [6, 6.07) is 0.547. The zero-order valence-electron chi connectivity index (χ0n) is 10.4. The van der Waals surface area contributed by atoms with Crippen LogP contribution < -0.4 is 5.32 Å². The molecule has 1 saturated heterocycles. The van der Waals surface area contributed by atoms with E-state index in [0.717, 1.165) is 32.5 Å². The van der Waals surface area contributed by atoms with E-state index in [9.17, 15) is 8.42 Å². The fourth-order valence-corrected chi connectivity index (χ4v) is 2.70. The highest BCUT2D eigenvalue weighted by atomic mass is 32.2. The molecule has 1 unspecified atom stereocenters. The number of nitrogens with one attached hydrogen (secondary N) is 1. The van der Waals surface area contributed by atoms with E-state index < -0.39 is 9.84 Å². The van der Waals surface area contributed by atoms with E-state index in [1.807, 2.05) is 0 Å². The third-order valence-corrected chi connectivity index (χ3v) is 4.86. The molecule has 5 heteroatoms. The van der Waals surface area contributed by atoms with Crippen molar-refractivity contribution in [1.29, 1.82) is 0 Å². The van der Waals surface area contributed by atoms with Crippen LogP contribution in [0.2, 0.25) is 0 Å². The lowest BCUT2D eigenvalue weighted by Crippen LogP contribution is -2.40. The van der Waals surface area contributed by atoms with Crippen molar-refractivity contribution in [1.82, 2.24) is 10.2 Å². The molecule has 1 N–H and O–H groups in total. The average Bonchev–Trinajstić information content (AvgIpc) is 2.23. The topological polar surface area (TPSA) is 49.4 Å². The Morgan fingerprint density at radius 3 is 2.81 bits per heavy atom. The first-order chi connectivity index (χ1) is 7.53. The summed E-state index contributed by atoms with van der Waals surface area (Å²) in [5.41, 5.74) is 0. The van der Waals surface area contributed by atoms with Crippen LogP contribution in [0.15, 0.2) is 0 Å². The van der Waals surface area contributed by atoms with Crippen molar-refractivity contribution in [3.05, 3.63) is 0 Å². The van der Waals surface area contributed by atoms with Crippen molar-refractivity contribution in [3.8, 4) is 0 Å². The first-order valence-electron chi connectivity index (χ1n) is 6.19. The molecule has 0 aromatic rings. The maximum Gasteiger partial charge on any atom is 0.151 e. The largest absolute Gasteiger partial charge is 0.314 e. The van der Waals surface area contributed by atoms with Crippen molar-refractivity contribution in [2.24, 2.45) is 0 Å². The SMILES string of the molecule is CCS(=O)(=O)CCN1CCCNC(C)CC1. The molecular weight excluding hydrogens is 224 g/mol. The van der Waals surface area contributed by atoms with Crippen LogP contribution in [0, 0.1) is 0 Å². The first kappa shape index (κ1) is 13.9. The van der Waals surface area contributed by atoms with Gasteiger partial charge in [0.05, 0.1) is 5.75 Å². The van der Waals surface area contributed by atoms with Gasteiger partial charge in [-0.1, -0.05) is 6.92 Å². The maximum absolute atomic E-state index is 11.4. The average molecular weight is 248 g/mol. The fraction of sp³-hybridized carbons (Fsp3) is 1.00. The van der Waals surface area contributed by atoms with E-state index in [2.05, 4.69) is 17.1 Å². The maximum atomic E-state index is 11.4. The summed E-state index contributed by atoms with van der Waals surface area (Å²) >= 11 is 0. The van der Waals surface area contributed by atoms with Crippen molar-refractivity contribution in [2.45, 2.75) is 32.7 Å². The van der Waals surface area contributed by atoms with Gasteiger partial charge < -0.3 is 10.2 Å². The third kappa shape index (κ3) is 5.27. The number of hydrogen-bond acceptors (Lipinski definition) is 4. The van der Waals surface area contributed by atoms with Gasteiger partial charge in [0.1, 0.15) is 0 Å². The Hall–Kier alpha value is -0.130. The molecule has 96 valence electrons. The highest BCUT2D eigenvalue weighted by Crippen LogP contribution is 2.03. The molecule has 1 fully saturated rings. The van der Waals surface area contributed by atoms with Gasteiger partial charge >= 0.3 is 0 Å². The minimum atomic E-state index is -2.81. The molecule has 4 nitrogen and oxygen atoms in total. The Balaban J connectivity index is 2.35. The van der Waals surface area contributed by atoms with Crippen molar-refractivity contribution >= 4 is 9.84 Å². The molecule has 1 atom stereocenters. The lowest BCUT2D eigenvalue weighted by atomic mass is 10.2. The van der Waals surface area contributed by atoms with Gasteiger partial charge in [0, 0.05) is 18.3 Å². The number of sulfone groups is 1. The van der Waals surface area contributed by atoms with Crippen LogP contribution in [0.25, 0.3) is 0 Å². The predicted molar refractivity (Wildman–Crippen MR) is 67.5 cm³/mol. The molecule has 0 radical (unpaired) electrons. The molecule has 0 aliphatic carbocycles. The molecule has 0 bridgehead atoms. The summed E-state index contributed by atoms with van der Waals surface area (Å²) in [6.07, 6.45) is 2.21. The summed E-state index contributed by atoms with van der Waals surface area (Å²) in [4.78, 5) is 2.28. The Kier molecular flexibility index (Phi) is 5.72. The fourth-order valence-electron chi connectivity index (χ4n) is 1.88. The molecule has 1 heterocycles. The molecule has 0 amide bonds. The Bertz CT molecular complexity index is 290. The van der Waals surface area contributed by atoms with Gasteiger partial charge in [-0.25, -0.2) is 8.42 Å². The molecule has 16 heavy (non-hydrogen) atoms. The number of hydrogen-bond donors (Lipinski definition) is 1. The normalized spacial score (nSPS) is 25.0. The summed E-state index contributed by atoms with van der Waals surface area (Å²) in [5, 5.41) is 3.44. The van der Waals surface area contributed by atoms with Crippen molar-refractivity contribution < 1.29 is 8.42 Å². The van der Waals surface area contributed by atoms with Gasteiger partial charge in [0.25, 0.3) is 0 Å². The van der Waals surface area contributed by atoms with E-state index in [-0.39, 0.29) is 5.75 Å². The zero-order valence-corrected chi connectivity index (χ0v) is 11.2. The summed E-state index contributed by atoms with van der Waals surface area (Å²) in [6.45, 7) is 7.66. The van der Waals surface area contributed by atoms with Crippen molar-refractivity contribution in [3.63, 3.8) is 0 Å². The van der Waals surface area contributed by atoms with Gasteiger partial charge in [0.15, 0.2) is 9.84 Å². The first-order valence-corrected chi connectivity index (χ1v) is 8.02. The second-order valence-corrected chi connectivity index (χ2v) is 7.05. The van der Waals surface area contributed by atoms with Gasteiger partial charge in [-0.3, -0.25) is 0 Å². The highest BCUT2D eigenvalue weighted by molar-refractivity contribution is 7.91. The van der Waals surface area contributed by atoms with Crippen molar-refractivity contribution in [2.75, 3.05) is 37.7 Å². The van der Waals surface area contributed by atoms with Gasteiger partial charge in [-0.2, -0.15) is 0 Å². The Morgan fingerprint density at radius 1 is 1.38 bits per heavy atom. The van der Waals surface area contributed by atoms with Crippen LogP contribution in [0.3, 0.4) is 0 Å². The highest BCUT2D eigenvalue weighted by Gasteiger charge is 2.14. The second kappa shape index (κ2) is 6.57. The van der Waals surface area contributed by atoms with Gasteiger partial charge in [-0.15, -0.1) is 0 Å². The zero-order chi connectivity index (χ0) is 12.0. The Labute approximate surface area is 99.3 Å². The quantitative estimate of drug-likeness (QED) is 0.787. The standard InChI is InChI=1S/C11H24N2O2S/c1-3-16(14,15)10-9-13-7-4-6-12-11(2)5-8-13/h11-12H,3-10H2,1-2H3. The second-order valence-electron chi connectivity index (χ2n) is 4.58. The van der Waals surface area contributed by atoms with Gasteiger partial charge in [-0.05, 0) is 39.4 Å². The van der Waals surface area contributed by atoms with Crippen LogP contribution in [0.4, 0.5) is 0 Å². The van der Waals surface area contributed by atoms with Crippen LogP contribution in [0.5, 0.6) is 0 Å². The summed E-state index contributed by atoms with van der Waals surface area (Å²) in [5.74, 6) is 0.574. The van der Waals surface area contributed by atoms with Crippen LogP contribution in [-0.4, -0.2) is 57.0 Å². The minimum Gasteiger partial charge on any atom is -0.314 e. The van der Waals surface area contributed by atoms with Gasteiger partial charge in [0.2, 0.25) is 0 Å². The summed E-state index contributed by atoms with van der Waals surface area (Å²) in [7, 11) is -2.81. The van der Waals surface area contributed by atoms with E-state index in [4.69, 9.17) is 0 Å². The molecule has 0 saturated carbocycles. The molecular formula is C11H24N2O2S. The van der Waals surface area contributed by atoms with E-state index in [0.29, 0.717) is 18.3 Å². The van der Waals surface area contributed by atoms with E-state index in [1.54, 1.807) is 6.92 Å². The third-order valence-electron chi connectivity index (χ3n) is 3.18. The molecule has 0 spiro atoms. The molecule has 1 aliphatic heterocycles. The lowest BCUT2D eigenvalue weighted by Gasteiger charge is -2.27. The smallest absolute Gasteiger partial charge is 0.151 e. The molecule has 1 rings (SSSR count). The predicted octanol–water partition coefficient (Wildman–Crippen LogP) is 0.495. The minimum absolute atomic E-state index is 0.263.